The van der Waals surface area contributed by atoms with Crippen molar-refractivity contribution < 1.29 is 4.79 Å². The third kappa shape index (κ3) is 6.88. The first-order valence-corrected chi connectivity index (χ1v) is 11.5. The monoisotopic (exact) mass is 397 g/mol. The van der Waals surface area contributed by atoms with Crippen LogP contribution in [0.1, 0.15) is 58.4 Å². The smallest absolute Gasteiger partial charge is 0.244 e. The topological polar surface area (TPSA) is 35.6 Å². The number of amides is 1. The molecule has 1 aromatic carbocycles. The molecule has 1 amide bonds. The number of anilines is 1. The van der Waals surface area contributed by atoms with E-state index in [0.29, 0.717) is 6.04 Å². The first-order chi connectivity index (χ1) is 14.0. The van der Waals surface area contributed by atoms with Gasteiger partial charge in [0.05, 0.1) is 0 Å². The van der Waals surface area contributed by atoms with Crippen molar-refractivity contribution in [2.45, 2.75) is 65.3 Å². The largest absolute Gasteiger partial charge is 0.369 e. The van der Waals surface area contributed by atoms with Crippen LogP contribution in [0, 0.1) is 5.92 Å². The van der Waals surface area contributed by atoms with Crippen molar-refractivity contribution in [2.75, 3.05) is 37.6 Å². The second-order valence-corrected chi connectivity index (χ2v) is 9.09. The fourth-order valence-corrected chi connectivity index (χ4v) is 4.67. The van der Waals surface area contributed by atoms with Crippen LogP contribution in [0.2, 0.25) is 0 Å². The van der Waals surface area contributed by atoms with Gasteiger partial charge >= 0.3 is 0 Å². The van der Waals surface area contributed by atoms with Crippen molar-refractivity contribution >= 4 is 11.6 Å². The highest BCUT2D eigenvalue weighted by atomic mass is 16.1. The fraction of sp³-hybridized carbons (Fsp3) is 0.640. The van der Waals surface area contributed by atoms with Crippen molar-refractivity contribution in [1.82, 2.24) is 10.2 Å². The van der Waals surface area contributed by atoms with Gasteiger partial charge in [0.1, 0.15) is 0 Å². The van der Waals surface area contributed by atoms with E-state index < -0.39 is 0 Å². The van der Waals surface area contributed by atoms with E-state index in [1.807, 2.05) is 13.8 Å². The van der Waals surface area contributed by atoms with E-state index in [1.165, 1.54) is 50.1 Å². The van der Waals surface area contributed by atoms with E-state index in [4.69, 9.17) is 0 Å². The molecular weight excluding hydrogens is 358 g/mol. The highest BCUT2D eigenvalue weighted by molar-refractivity contribution is 5.88. The van der Waals surface area contributed by atoms with Crippen molar-refractivity contribution in [3.8, 4) is 0 Å². The molecule has 1 saturated heterocycles. The van der Waals surface area contributed by atoms with E-state index in [9.17, 15) is 4.79 Å². The van der Waals surface area contributed by atoms with Crippen LogP contribution >= 0.6 is 0 Å². The molecule has 0 bridgehead atoms. The van der Waals surface area contributed by atoms with Crippen LogP contribution in [0.4, 0.5) is 5.69 Å². The van der Waals surface area contributed by atoms with Crippen LogP contribution < -0.4 is 10.2 Å². The highest BCUT2D eigenvalue weighted by Gasteiger charge is 2.23. The number of nitrogens with one attached hydrogen (secondary N) is 1. The molecule has 0 aromatic heterocycles. The van der Waals surface area contributed by atoms with Gasteiger partial charge in [0, 0.05) is 44.0 Å². The Morgan fingerprint density at radius 3 is 2.48 bits per heavy atom. The van der Waals surface area contributed by atoms with E-state index in [-0.39, 0.29) is 5.91 Å². The summed E-state index contributed by atoms with van der Waals surface area (Å²) in [6, 6.07) is 9.39. The van der Waals surface area contributed by atoms with E-state index in [0.717, 1.165) is 43.8 Å². The Bertz CT molecular complexity index is 679. The summed E-state index contributed by atoms with van der Waals surface area (Å²) in [6.45, 7) is 12.0. The molecule has 0 radical (unpaired) electrons. The second kappa shape index (κ2) is 10.8. The Hall–Kier alpha value is -1.81. The van der Waals surface area contributed by atoms with Gasteiger partial charge in [-0.15, -0.1) is 0 Å². The molecule has 2 fully saturated rings. The van der Waals surface area contributed by atoms with Crippen molar-refractivity contribution in [3.63, 3.8) is 0 Å². The van der Waals surface area contributed by atoms with Crippen LogP contribution in [0.15, 0.2) is 35.9 Å². The molecular formula is C25H39N3O. The zero-order chi connectivity index (χ0) is 20.6. The van der Waals surface area contributed by atoms with E-state index >= 15 is 0 Å². The van der Waals surface area contributed by atoms with E-state index in [2.05, 4.69) is 46.3 Å². The number of nitrogens with zero attached hydrogens (tertiary/aromatic N) is 2. The van der Waals surface area contributed by atoms with Crippen LogP contribution in [0.5, 0.6) is 0 Å². The van der Waals surface area contributed by atoms with Gasteiger partial charge in [-0.3, -0.25) is 9.69 Å². The van der Waals surface area contributed by atoms with Gasteiger partial charge in [0.25, 0.3) is 0 Å². The summed E-state index contributed by atoms with van der Waals surface area (Å²) >= 11 is 0. The molecule has 1 N–H and O–H groups in total. The summed E-state index contributed by atoms with van der Waals surface area (Å²) < 4.78 is 0. The summed E-state index contributed by atoms with van der Waals surface area (Å²) in [5, 5.41) is 3.17. The first-order valence-electron chi connectivity index (χ1n) is 11.5. The SMILES string of the molecule is CCc1cccc(N2CCN(CCC3CCC(NC(=O)C=C(C)C)CC3)CC2)c1. The van der Waals surface area contributed by atoms with Crippen molar-refractivity contribution in [1.29, 1.82) is 0 Å². The van der Waals surface area contributed by atoms with Crippen LogP contribution in [-0.4, -0.2) is 49.6 Å². The maximum absolute atomic E-state index is 11.9. The number of piperazine rings is 1. The van der Waals surface area contributed by atoms with Gasteiger partial charge in [-0.1, -0.05) is 24.6 Å². The lowest BCUT2D eigenvalue weighted by atomic mass is 9.84. The quantitative estimate of drug-likeness (QED) is 0.693. The maximum atomic E-state index is 11.9. The highest BCUT2D eigenvalue weighted by Crippen LogP contribution is 2.27. The first kappa shape index (κ1) is 21.9. The minimum atomic E-state index is 0.0794. The van der Waals surface area contributed by atoms with E-state index in [1.54, 1.807) is 6.08 Å². The number of hydrogen-bond donors (Lipinski definition) is 1. The molecule has 1 aliphatic heterocycles. The van der Waals surface area contributed by atoms with Gasteiger partial charge in [-0.2, -0.15) is 0 Å². The van der Waals surface area contributed by atoms with Gasteiger partial charge in [0.2, 0.25) is 5.91 Å². The molecule has 1 heterocycles. The predicted molar refractivity (Wildman–Crippen MR) is 122 cm³/mol. The fourth-order valence-electron chi connectivity index (χ4n) is 4.67. The molecule has 1 saturated carbocycles. The normalized spacial score (nSPS) is 22.9. The average Bonchev–Trinajstić information content (AvgIpc) is 2.73. The maximum Gasteiger partial charge on any atom is 0.244 e. The predicted octanol–water partition coefficient (Wildman–Crippen LogP) is 4.40. The molecule has 4 heteroatoms. The summed E-state index contributed by atoms with van der Waals surface area (Å²) in [5.41, 5.74) is 3.88. The molecule has 29 heavy (non-hydrogen) atoms. The third-order valence-electron chi connectivity index (χ3n) is 6.52. The standard InChI is InChI=1S/C25H39N3O/c1-4-21-6-5-7-24(19-21)28-16-14-27(15-17-28)13-12-22-8-10-23(11-9-22)26-25(29)18-20(2)3/h5-7,18-19,22-23H,4,8-17H2,1-3H3,(H,26,29). The summed E-state index contributed by atoms with van der Waals surface area (Å²) in [4.78, 5) is 17.1. The molecule has 0 unspecified atom stereocenters. The number of carbonyl (C=O) groups is 1. The molecule has 0 atom stereocenters. The molecule has 1 aromatic rings. The van der Waals surface area contributed by atoms with Gasteiger partial charge in [-0.05, 0) is 82.5 Å². The third-order valence-corrected chi connectivity index (χ3v) is 6.52. The molecule has 0 spiro atoms. The molecule has 160 valence electrons. The minimum absolute atomic E-state index is 0.0794. The molecule has 1 aliphatic carbocycles. The van der Waals surface area contributed by atoms with Crippen LogP contribution in [-0.2, 0) is 11.2 Å². The molecule has 2 aliphatic rings. The number of benzene rings is 1. The number of aryl methyl sites for hydroxylation is 1. The molecule has 4 nitrogen and oxygen atoms in total. The van der Waals surface area contributed by atoms with Crippen molar-refractivity contribution in [3.05, 3.63) is 41.5 Å². The Morgan fingerprint density at radius 1 is 1.10 bits per heavy atom. The number of hydrogen-bond acceptors (Lipinski definition) is 3. The summed E-state index contributed by atoms with van der Waals surface area (Å²) in [7, 11) is 0. The average molecular weight is 398 g/mol. The van der Waals surface area contributed by atoms with Gasteiger partial charge < -0.3 is 10.2 Å². The lowest BCUT2D eigenvalue weighted by Crippen LogP contribution is -2.47. The van der Waals surface area contributed by atoms with Crippen LogP contribution in [0.3, 0.4) is 0 Å². The number of rotatable bonds is 7. The Morgan fingerprint density at radius 2 is 1.83 bits per heavy atom. The Labute approximate surface area is 177 Å². The Balaban J connectivity index is 1.34. The molecule has 3 rings (SSSR count). The summed E-state index contributed by atoms with van der Waals surface area (Å²) in [6.07, 6.45) is 8.90. The number of carbonyl (C=O) groups excluding carboxylic acids is 1. The second-order valence-electron chi connectivity index (χ2n) is 9.09. The van der Waals surface area contributed by atoms with Crippen molar-refractivity contribution in [2.24, 2.45) is 5.92 Å². The zero-order valence-corrected chi connectivity index (χ0v) is 18.6. The lowest BCUT2D eigenvalue weighted by Gasteiger charge is -2.37. The minimum Gasteiger partial charge on any atom is -0.369 e. The Kier molecular flexibility index (Phi) is 8.17. The summed E-state index contributed by atoms with van der Waals surface area (Å²) in [5.74, 6) is 0.904. The van der Waals surface area contributed by atoms with Crippen LogP contribution in [0.25, 0.3) is 0 Å². The lowest BCUT2D eigenvalue weighted by molar-refractivity contribution is -0.117. The number of allylic oxidation sites excluding steroid dienone is 1. The van der Waals surface area contributed by atoms with Gasteiger partial charge in [-0.25, -0.2) is 0 Å². The van der Waals surface area contributed by atoms with Gasteiger partial charge in [0.15, 0.2) is 0 Å². The zero-order valence-electron chi connectivity index (χ0n) is 18.6.